The molecule has 3 rings (SSSR count). The summed E-state index contributed by atoms with van der Waals surface area (Å²) in [5.41, 5.74) is 7.03. The molecule has 0 fully saturated rings. The summed E-state index contributed by atoms with van der Waals surface area (Å²) in [5.74, 6) is 1.61. The topological polar surface area (TPSA) is 88.6 Å². The molecule has 0 saturated heterocycles. The highest BCUT2D eigenvalue weighted by molar-refractivity contribution is 5.58. The second-order valence-electron chi connectivity index (χ2n) is 4.57. The monoisotopic (exact) mass is 289 g/mol. The fourth-order valence-electron chi connectivity index (χ4n) is 2.10. The molecule has 0 bridgehead atoms. The summed E-state index contributed by atoms with van der Waals surface area (Å²) >= 11 is 0. The lowest BCUT2D eigenvalue weighted by molar-refractivity contribution is 0.171. The predicted molar refractivity (Wildman–Crippen MR) is 76.0 cm³/mol. The Morgan fingerprint density at radius 3 is 2.71 bits per heavy atom. The molecule has 1 aromatic heterocycles. The number of nitrogens with zero attached hydrogens (tertiary/aromatic N) is 2. The van der Waals surface area contributed by atoms with Crippen LogP contribution in [0, 0.1) is 0 Å². The van der Waals surface area contributed by atoms with Crippen LogP contribution in [0.2, 0.25) is 0 Å². The summed E-state index contributed by atoms with van der Waals surface area (Å²) in [6.45, 7) is 1.23. The van der Waals surface area contributed by atoms with Gasteiger partial charge in [-0.1, -0.05) is 0 Å². The average molecular weight is 289 g/mol. The number of fused-ring (bicyclic) bond motifs is 1. The third kappa shape index (κ3) is 2.62. The van der Waals surface area contributed by atoms with Gasteiger partial charge in [0.25, 0.3) is 5.56 Å². The lowest BCUT2D eigenvalue weighted by Gasteiger charge is -2.20. The van der Waals surface area contributed by atoms with Crippen LogP contribution in [0.25, 0.3) is 0 Å². The largest absolute Gasteiger partial charge is 0.486 e. The molecular weight excluding hydrogens is 274 g/mol. The Labute approximate surface area is 120 Å². The number of methoxy groups -OCH3 is 1. The van der Waals surface area contributed by atoms with Crippen LogP contribution >= 0.6 is 0 Å². The lowest BCUT2D eigenvalue weighted by Crippen LogP contribution is -2.23. The maximum absolute atomic E-state index is 11.8. The van der Waals surface area contributed by atoms with Gasteiger partial charge in [0.05, 0.1) is 13.7 Å². The zero-order chi connectivity index (χ0) is 14.8. The zero-order valence-corrected chi connectivity index (χ0v) is 11.5. The summed E-state index contributed by atoms with van der Waals surface area (Å²) in [6, 6.07) is 6.40. The molecule has 0 amide bonds. The van der Waals surface area contributed by atoms with Gasteiger partial charge in [0.2, 0.25) is 5.88 Å². The number of benzene rings is 1. The Morgan fingerprint density at radius 2 is 2.00 bits per heavy atom. The molecule has 2 heterocycles. The highest BCUT2D eigenvalue weighted by Gasteiger charge is 2.15. The average Bonchev–Trinajstić information content (AvgIpc) is 2.50. The fraction of sp³-hybridized carbons (Fsp3) is 0.286. The number of rotatable bonds is 3. The van der Waals surface area contributed by atoms with E-state index in [-0.39, 0.29) is 12.1 Å². The number of hydrogen-bond acceptors (Lipinski definition) is 6. The second-order valence-corrected chi connectivity index (χ2v) is 4.57. The number of anilines is 1. The van der Waals surface area contributed by atoms with Gasteiger partial charge < -0.3 is 19.9 Å². The fourth-order valence-corrected chi connectivity index (χ4v) is 2.10. The van der Waals surface area contributed by atoms with Crippen molar-refractivity contribution in [3.05, 3.63) is 40.2 Å². The predicted octanol–water partition coefficient (Wildman–Crippen LogP) is 0.654. The Kier molecular flexibility index (Phi) is 3.39. The molecule has 1 aliphatic rings. The number of ether oxygens (including phenoxy) is 3. The molecule has 2 N–H and O–H groups in total. The van der Waals surface area contributed by atoms with Crippen LogP contribution in [0.15, 0.2) is 29.1 Å². The van der Waals surface area contributed by atoms with E-state index < -0.39 is 0 Å². The Bertz CT molecular complexity index is 727. The van der Waals surface area contributed by atoms with E-state index in [0.29, 0.717) is 36.3 Å². The number of aromatic nitrogens is 2. The molecule has 1 aromatic carbocycles. The van der Waals surface area contributed by atoms with Crippen molar-refractivity contribution in [2.75, 3.05) is 26.1 Å². The van der Waals surface area contributed by atoms with Crippen LogP contribution in [0.1, 0.15) is 5.56 Å². The number of nitrogens with two attached hydrogens (primary N) is 1. The standard InChI is InChI=1S/C14H15N3O4/c1-19-13-2-3-14(18)17(16-13)8-9-6-11-12(7-10(9)15)21-5-4-20-11/h2-3,6-7H,4-5,8,15H2,1H3. The SMILES string of the molecule is COc1ccc(=O)n(Cc2cc3c(cc2N)OCCO3)n1. The van der Waals surface area contributed by atoms with Gasteiger partial charge in [0.15, 0.2) is 11.5 Å². The van der Waals surface area contributed by atoms with E-state index in [0.717, 1.165) is 5.56 Å². The molecule has 0 radical (unpaired) electrons. The van der Waals surface area contributed by atoms with E-state index in [1.807, 2.05) is 0 Å². The van der Waals surface area contributed by atoms with E-state index in [9.17, 15) is 4.79 Å². The molecule has 0 saturated carbocycles. The summed E-state index contributed by atoms with van der Waals surface area (Å²) in [4.78, 5) is 11.8. The Morgan fingerprint density at radius 1 is 1.29 bits per heavy atom. The minimum Gasteiger partial charge on any atom is -0.486 e. The van der Waals surface area contributed by atoms with Crippen LogP contribution in [0.5, 0.6) is 17.4 Å². The Balaban J connectivity index is 1.96. The molecule has 2 aromatic rings. The molecule has 7 nitrogen and oxygen atoms in total. The molecule has 1 aliphatic heterocycles. The van der Waals surface area contributed by atoms with Gasteiger partial charge in [-0.3, -0.25) is 4.79 Å². The first-order valence-electron chi connectivity index (χ1n) is 6.47. The van der Waals surface area contributed by atoms with Gasteiger partial charge in [-0.15, -0.1) is 5.10 Å². The zero-order valence-electron chi connectivity index (χ0n) is 11.5. The molecule has 7 heteroatoms. The van der Waals surface area contributed by atoms with Gasteiger partial charge in [-0.25, -0.2) is 4.68 Å². The van der Waals surface area contributed by atoms with E-state index in [1.54, 1.807) is 12.1 Å². The van der Waals surface area contributed by atoms with E-state index >= 15 is 0 Å². The maximum atomic E-state index is 11.8. The van der Waals surface area contributed by atoms with Crippen molar-refractivity contribution in [3.8, 4) is 17.4 Å². The van der Waals surface area contributed by atoms with Crippen LogP contribution in [0.4, 0.5) is 5.69 Å². The van der Waals surface area contributed by atoms with E-state index in [2.05, 4.69) is 5.10 Å². The highest BCUT2D eigenvalue weighted by atomic mass is 16.6. The lowest BCUT2D eigenvalue weighted by atomic mass is 10.1. The van der Waals surface area contributed by atoms with Gasteiger partial charge in [0, 0.05) is 29.4 Å². The van der Waals surface area contributed by atoms with Crippen LogP contribution in [-0.2, 0) is 6.54 Å². The van der Waals surface area contributed by atoms with E-state index in [4.69, 9.17) is 19.9 Å². The quantitative estimate of drug-likeness (QED) is 0.835. The van der Waals surface area contributed by atoms with Gasteiger partial charge in [-0.2, -0.15) is 0 Å². The number of nitrogen functional groups attached to an aromatic ring is 1. The minimum atomic E-state index is -0.231. The molecule has 0 aliphatic carbocycles. The summed E-state index contributed by atoms with van der Waals surface area (Å²) in [6.07, 6.45) is 0. The van der Waals surface area contributed by atoms with Crippen molar-refractivity contribution in [2.24, 2.45) is 0 Å². The first-order chi connectivity index (χ1) is 10.2. The maximum Gasteiger partial charge on any atom is 0.267 e. The minimum absolute atomic E-state index is 0.231. The van der Waals surface area contributed by atoms with Gasteiger partial charge >= 0.3 is 0 Å². The summed E-state index contributed by atoms with van der Waals surface area (Å²) < 4.78 is 17.3. The van der Waals surface area contributed by atoms with Crippen LogP contribution in [-0.4, -0.2) is 30.1 Å². The van der Waals surface area contributed by atoms with Gasteiger partial charge in [0.1, 0.15) is 13.2 Å². The summed E-state index contributed by atoms with van der Waals surface area (Å²) in [7, 11) is 1.50. The van der Waals surface area contributed by atoms with Crippen molar-refractivity contribution >= 4 is 5.69 Å². The van der Waals surface area contributed by atoms with Crippen LogP contribution in [0.3, 0.4) is 0 Å². The van der Waals surface area contributed by atoms with E-state index in [1.165, 1.54) is 23.9 Å². The smallest absolute Gasteiger partial charge is 0.267 e. The van der Waals surface area contributed by atoms with Crippen LogP contribution < -0.4 is 25.5 Å². The second kappa shape index (κ2) is 5.35. The summed E-state index contributed by atoms with van der Waals surface area (Å²) in [5, 5.41) is 4.09. The normalized spacial score (nSPS) is 13.0. The van der Waals surface area contributed by atoms with Crippen molar-refractivity contribution in [2.45, 2.75) is 6.54 Å². The Hall–Kier alpha value is -2.70. The van der Waals surface area contributed by atoms with Crippen molar-refractivity contribution < 1.29 is 14.2 Å². The van der Waals surface area contributed by atoms with Gasteiger partial charge in [-0.05, 0) is 6.07 Å². The third-order valence-electron chi connectivity index (χ3n) is 3.18. The molecule has 110 valence electrons. The first-order valence-corrected chi connectivity index (χ1v) is 6.47. The molecule has 21 heavy (non-hydrogen) atoms. The molecule has 0 atom stereocenters. The molecule has 0 unspecified atom stereocenters. The molecule has 0 spiro atoms. The van der Waals surface area contributed by atoms with Crippen molar-refractivity contribution in [1.82, 2.24) is 9.78 Å². The highest BCUT2D eigenvalue weighted by Crippen LogP contribution is 2.34. The third-order valence-corrected chi connectivity index (χ3v) is 3.18. The van der Waals surface area contributed by atoms with Crippen molar-refractivity contribution in [1.29, 1.82) is 0 Å². The number of hydrogen-bond donors (Lipinski definition) is 1. The molecular formula is C14H15N3O4. The first kappa shape index (κ1) is 13.3. The van der Waals surface area contributed by atoms with Crippen molar-refractivity contribution in [3.63, 3.8) is 0 Å².